The number of H-pyrrole nitrogens is 1. The van der Waals surface area contributed by atoms with Crippen LogP contribution < -0.4 is 4.80 Å². The molecule has 0 spiro atoms. The molecular weight excluding hydrogens is 493 g/mol. The van der Waals surface area contributed by atoms with Gasteiger partial charge in [-0.1, -0.05) is 53.5 Å². The van der Waals surface area contributed by atoms with Crippen LogP contribution in [0.5, 0.6) is 0 Å². The Hall–Kier alpha value is -3.72. The predicted octanol–water partition coefficient (Wildman–Crippen LogP) is 7.03. The minimum absolute atomic E-state index is 0.0922. The number of hydrogen-bond donors (Lipinski definition) is 1. The lowest BCUT2D eigenvalue weighted by atomic mass is 10.2. The summed E-state index contributed by atoms with van der Waals surface area (Å²) in [6.45, 7) is 0. The molecule has 5 rings (SSSR count). The van der Waals surface area contributed by atoms with E-state index >= 15 is 0 Å². The number of thiazole rings is 1. The fourth-order valence-corrected chi connectivity index (χ4v) is 4.73. The summed E-state index contributed by atoms with van der Waals surface area (Å²) < 4.78 is 1.61. The van der Waals surface area contributed by atoms with Gasteiger partial charge in [0.05, 0.1) is 21.9 Å². The molecule has 2 heterocycles. The first kappa shape index (κ1) is 22.1. The maximum Gasteiger partial charge on any atom is 0.294 e. The molecule has 2 aromatic heterocycles. The highest BCUT2D eigenvalue weighted by atomic mass is 35.5. The minimum Gasteiger partial charge on any atom is -0.361 e. The summed E-state index contributed by atoms with van der Waals surface area (Å²) in [6.07, 6.45) is 3.58. The van der Waals surface area contributed by atoms with Gasteiger partial charge in [-0.25, -0.2) is 9.67 Å². The highest BCUT2D eigenvalue weighted by molar-refractivity contribution is 7.07. The van der Waals surface area contributed by atoms with Crippen LogP contribution in [-0.4, -0.2) is 20.8 Å². The van der Waals surface area contributed by atoms with Gasteiger partial charge in [0.1, 0.15) is 5.69 Å². The molecule has 0 aliphatic rings. The summed E-state index contributed by atoms with van der Waals surface area (Å²) in [7, 11) is 0. The van der Waals surface area contributed by atoms with Gasteiger partial charge < -0.3 is 4.98 Å². The van der Waals surface area contributed by atoms with Crippen molar-refractivity contribution in [1.82, 2.24) is 9.66 Å². The second kappa shape index (κ2) is 9.26. The number of hydrogen-bond acceptors (Lipinski definition) is 5. The molecule has 0 radical (unpaired) electrons. The van der Waals surface area contributed by atoms with E-state index in [1.54, 1.807) is 47.3 Å². The first-order valence-corrected chi connectivity index (χ1v) is 11.7. The molecule has 10 heteroatoms. The number of halogens is 2. The number of nitro benzene ring substituents is 1. The summed E-state index contributed by atoms with van der Waals surface area (Å²) >= 11 is 14.0. The van der Waals surface area contributed by atoms with Crippen LogP contribution in [0.15, 0.2) is 88.4 Å². The van der Waals surface area contributed by atoms with E-state index in [0.29, 0.717) is 26.1 Å². The van der Waals surface area contributed by atoms with Crippen LogP contribution >= 0.6 is 34.5 Å². The molecule has 1 N–H and O–H groups in total. The summed E-state index contributed by atoms with van der Waals surface area (Å²) in [4.78, 5) is 19.3. The maximum absolute atomic E-state index is 11.5. The average Bonchev–Trinajstić information content (AvgIpc) is 3.43. The maximum atomic E-state index is 11.5. The number of fused-ring (bicyclic) bond motifs is 1. The highest BCUT2D eigenvalue weighted by Gasteiger charge is 2.15. The number of benzene rings is 3. The van der Waals surface area contributed by atoms with Gasteiger partial charge in [-0.15, -0.1) is 11.3 Å². The van der Waals surface area contributed by atoms with Gasteiger partial charge in [0.25, 0.3) is 5.69 Å². The molecule has 7 nitrogen and oxygen atoms in total. The van der Waals surface area contributed by atoms with Crippen molar-refractivity contribution in [3.63, 3.8) is 0 Å². The first-order valence-electron chi connectivity index (χ1n) is 10.1. The van der Waals surface area contributed by atoms with Crippen molar-refractivity contribution in [2.45, 2.75) is 0 Å². The number of para-hydroxylation sites is 3. The molecule has 0 saturated heterocycles. The van der Waals surface area contributed by atoms with Crippen molar-refractivity contribution >= 4 is 63.0 Å². The lowest BCUT2D eigenvalue weighted by molar-refractivity contribution is -0.384. The molecule has 0 amide bonds. The molecule has 168 valence electrons. The number of rotatable bonds is 5. The smallest absolute Gasteiger partial charge is 0.294 e. The largest absolute Gasteiger partial charge is 0.361 e. The van der Waals surface area contributed by atoms with Crippen molar-refractivity contribution in [3.8, 4) is 11.3 Å². The molecule has 0 aliphatic carbocycles. The van der Waals surface area contributed by atoms with E-state index in [1.165, 1.54) is 17.4 Å². The molecule has 0 atom stereocenters. The van der Waals surface area contributed by atoms with E-state index in [9.17, 15) is 10.1 Å². The molecule has 34 heavy (non-hydrogen) atoms. The third-order valence-electron chi connectivity index (χ3n) is 5.12. The molecular formula is C24H15Cl2N5O2S. The standard InChI is InChI=1S/C24H15Cl2N5O2S/c25-16-9-10-19(26)18(11-16)23-14-34-24(29-21-7-3-4-8-22(21)31(32)33)30(23)28-13-15-12-27-20-6-2-1-5-17(15)20/h1-14,27H. The monoisotopic (exact) mass is 507 g/mol. The molecule has 3 aromatic carbocycles. The summed E-state index contributed by atoms with van der Waals surface area (Å²) in [5.74, 6) is 0. The lowest BCUT2D eigenvalue weighted by Gasteiger charge is -2.06. The van der Waals surface area contributed by atoms with E-state index in [4.69, 9.17) is 28.3 Å². The Bertz CT molecular complexity index is 1630. The zero-order valence-corrected chi connectivity index (χ0v) is 19.7. The minimum atomic E-state index is -0.458. The molecule has 0 bridgehead atoms. The van der Waals surface area contributed by atoms with Crippen molar-refractivity contribution < 1.29 is 4.92 Å². The predicted molar refractivity (Wildman–Crippen MR) is 137 cm³/mol. The fourth-order valence-electron chi connectivity index (χ4n) is 3.50. The number of aromatic nitrogens is 2. The van der Waals surface area contributed by atoms with E-state index in [-0.39, 0.29) is 11.4 Å². The van der Waals surface area contributed by atoms with Gasteiger partial charge in [-0.05, 0) is 30.3 Å². The van der Waals surface area contributed by atoms with Gasteiger partial charge in [0, 0.05) is 44.7 Å². The third kappa shape index (κ3) is 4.26. The fraction of sp³-hybridized carbons (Fsp3) is 0. The first-order chi connectivity index (χ1) is 16.5. The van der Waals surface area contributed by atoms with Crippen LogP contribution in [0, 0.1) is 10.1 Å². The number of nitrogens with zero attached hydrogens (tertiary/aromatic N) is 4. The van der Waals surface area contributed by atoms with E-state index in [2.05, 4.69) is 9.98 Å². The third-order valence-corrected chi connectivity index (χ3v) is 6.50. The Morgan fingerprint density at radius 2 is 1.85 bits per heavy atom. The van der Waals surface area contributed by atoms with Gasteiger partial charge in [0.15, 0.2) is 0 Å². The van der Waals surface area contributed by atoms with Gasteiger partial charge in [0.2, 0.25) is 4.80 Å². The molecule has 0 saturated carbocycles. The van der Waals surface area contributed by atoms with Crippen molar-refractivity contribution in [1.29, 1.82) is 0 Å². The second-order valence-corrected chi connectivity index (χ2v) is 8.91. The zero-order valence-electron chi connectivity index (χ0n) is 17.4. The Labute approximate surface area is 207 Å². The Balaban J connectivity index is 1.71. The van der Waals surface area contributed by atoms with E-state index in [0.717, 1.165) is 16.5 Å². The van der Waals surface area contributed by atoms with Crippen LogP contribution in [0.4, 0.5) is 11.4 Å². The van der Waals surface area contributed by atoms with E-state index < -0.39 is 4.92 Å². The molecule has 5 aromatic rings. The summed E-state index contributed by atoms with van der Waals surface area (Å²) in [5, 5.41) is 20.1. The summed E-state index contributed by atoms with van der Waals surface area (Å²) in [5.41, 5.74) is 3.34. The lowest BCUT2D eigenvalue weighted by Crippen LogP contribution is -2.12. The van der Waals surface area contributed by atoms with Gasteiger partial charge in [-0.3, -0.25) is 10.1 Å². The topological polar surface area (TPSA) is 88.6 Å². The van der Waals surface area contributed by atoms with Gasteiger partial charge in [-0.2, -0.15) is 5.10 Å². The highest BCUT2D eigenvalue weighted by Crippen LogP contribution is 2.32. The van der Waals surface area contributed by atoms with Gasteiger partial charge >= 0.3 is 0 Å². The van der Waals surface area contributed by atoms with Crippen molar-refractivity contribution in [2.75, 3.05) is 0 Å². The van der Waals surface area contributed by atoms with Crippen LogP contribution in [0.3, 0.4) is 0 Å². The normalized spacial score (nSPS) is 12.1. The molecule has 0 aliphatic heterocycles. The molecule has 0 unspecified atom stereocenters. The molecule has 0 fully saturated rings. The van der Waals surface area contributed by atoms with Crippen molar-refractivity contribution in [2.24, 2.45) is 10.1 Å². The van der Waals surface area contributed by atoms with Crippen LogP contribution in [0.2, 0.25) is 10.0 Å². The Morgan fingerprint density at radius 1 is 1.06 bits per heavy atom. The second-order valence-electron chi connectivity index (χ2n) is 7.23. The number of nitro groups is 1. The van der Waals surface area contributed by atoms with E-state index in [1.807, 2.05) is 35.8 Å². The average molecular weight is 508 g/mol. The Kier molecular flexibility index (Phi) is 6.02. The van der Waals surface area contributed by atoms with Crippen LogP contribution in [-0.2, 0) is 0 Å². The Morgan fingerprint density at radius 3 is 2.71 bits per heavy atom. The quantitative estimate of drug-likeness (QED) is 0.157. The number of nitrogens with one attached hydrogen (secondary N) is 1. The van der Waals surface area contributed by atoms with Crippen molar-refractivity contribution in [3.05, 3.63) is 109 Å². The number of aromatic amines is 1. The van der Waals surface area contributed by atoms with Crippen LogP contribution in [0.25, 0.3) is 22.2 Å². The SMILES string of the molecule is O=[N+]([O-])c1ccccc1N=c1scc(-c2cc(Cl)ccc2Cl)n1N=Cc1c[nH]c2ccccc12. The van der Waals surface area contributed by atoms with Crippen LogP contribution in [0.1, 0.15) is 5.56 Å². The zero-order chi connectivity index (χ0) is 23.7. The summed E-state index contributed by atoms with van der Waals surface area (Å²) in [6, 6.07) is 19.4.